The summed E-state index contributed by atoms with van der Waals surface area (Å²) < 4.78 is 0. The van der Waals surface area contributed by atoms with Crippen LogP contribution in [0.25, 0.3) is 0 Å². The molecule has 0 bridgehead atoms. The highest BCUT2D eigenvalue weighted by Crippen LogP contribution is 2.23. The first kappa shape index (κ1) is 10.9. The maximum absolute atomic E-state index is 5.51. The van der Waals surface area contributed by atoms with E-state index >= 15 is 0 Å². The number of thioether (sulfide) groups is 2. The molecule has 1 aliphatic heterocycles. The molecule has 0 amide bonds. The minimum absolute atomic E-state index is 0.600. The standard InChI is InChI=1S/C9H14N4S2/c10-7-3-11-9(12-4-7)13-5-8-6-14-1-2-15-8/h3-4,8H,1-2,5-6,10H2,(H,11,12,13). The molecular formula is C9H14N4S2. The van der Waals surface area contributed by atoms with Crippen molar-refractivity contribution in [3.05, 3.63) is 12.4 Å². The molecule has 82 valence electrons. The first-order chi connectivity index (χ1) is 7.34. The van der Waals surface area contributed by atoms with Crippen molar-refractivity contribution in [1.82, 2.24) is 9.97 Å². The van der Waals surface area contributed by atoms with Gasteiger partial charge in [-0.25, -0.2) is 9.97 Å². The number of anilines is 2. The molecule has 4 nitrogen and oxygen atoms in total. The van der Waals surface area contributed by atoms with E-state index in [1.54, 1.807) is 12.4 Å². The van der Waals surface area contributed by atoms with Crippen molar-refractivity contribution in [1.29, 1.82) is 0 Å². The molecular weight excluding hydrogens is 228 g/mol. The van der Waals surface area contributed by atoms with E-state index in [0.717, 1.165) is 6.54 Å². The topological polar surface area (TPSA) is 63.8 Å². The van der Waals surface area contributed by atoms with Gasteiger partial charge < -0.3 is 11.1 Å². The second-order valence-corrected chi connectivity index (χ2v) is 5.85. The Morgan fingerprint density at radius 2 is 2.20 bits per heavy atom. The summed E-state index contributed by atoms with van der Waals surface area (Å²) in [5.74, 6) is 4.41. The minimum atomic E-state index is 0.600. The Labute approximate surface area is 97.8 Å². The summed E-state index contributed by atoms with van der Waals surface area (Å²) in [6.07, 6.45) is 3.25. The van der Waals surface area contributed by atoms with Crippen molar-refractivity contribution in [2.24, 2.45) is 0 Å². The maximum atomic E-state index is 5.51. The van der Waals surface area contributed by atoms with Gasteiger partial charge in [-0.1, -0.05) is 0 Å². The Kier molecular flexibility index (Phi) is 3.96. The first-order valence-electron chi connectivity index (χ1n) is 4.85. The van der Waals surface area contributed by atoms with Crippen LogP contribution in [0.2, 0.25) is 0 Å². The molecule has 1 unspecified atom stereocenters. The number of rotatable bonds is 3. The summed E-state index contributed by atoms with van der Waals surface area (Å²) >= 11 is 4.04. The van der Waals surface area contributed by atoms with Gasteiger partial charge in [0.1, 0.15) is 0 Å². The van der Waals surface area contributed by atoms with E-state index in [0.29, 0.717) is 16.9 Å². The van der Waals surface area contributed by atoms with E-state index in [9.17, 15) is 0 Å². The van der Waals surface area contributed by atoms with Gasteiger partial charge in [-0.15, -0.1) is 0 Å². The molecule has 3 N–H and O–H groups in total. The van der Waals surface area contributed by atoms with Crippen molar-refractivity contribution >= 4 is 35.2 Å². The summed E-state index contributed by atoms with van der Waals surface area (Å²) in [6, 6.07) is 0. The molecule has 1 atom stereocenters. The fourth-order valence-electron chi connectivity index (χ4n) is 1.29. The van der Waals surface area contributed by atoms with Crippen molar-refractivity contribution in [3.63, 3.8) is 0 Å². The molecule has 0 spiro atoms. The first-order valence-corrected chi connectivity index (χ1v) is 7.05. The minimum Gasteiger partial charge on any atom is -0.396 e. The number of hydrogen-bond donors (Lipinski definition) is 2. The number of hydrogen-bond acceptors (Lipinski definition) is 6. The van der Waals surface area contributed by atoms with E-state index < -0.39 is 0 Å². The molecule has 1 fully saturated rings. The summed E-state index contributed by atoms with van der Waals surface area (Å²) in [4.78, 5) is 8.20. The van der Waals surface area contributed by atoms with Gasteiger partial charge >= 0.3 is 0 Å². The zero-order valence-corrected chi connectivity index (χ0v) is 9.98. The van der Waals surface area contributed by atoms with Gasteiger partial charge in [-0.05, 0) is 0 Å². The predicted octanol–water partition coefficient (Wildman–Crippen LogP) is 1.32. The number of nitrogens with one attached hydrogen (secondary N) is 1. The zero-order valence-electron chi connectivity index (χ0n) is 8.35. The Hall–Kier alpha value is -0.620. The van der Waals surface area contributed by atoms with E-state index in [-0.39, 0.29) is 0 Å². The Morgan fingerprint density at radius 1 is 1.40 bits per heavy atom. The summed E-state index contributed by atoms with van der Waals surface area (Å²) in [6.45, 7) is 0.932. The number of aromatic nitrogens is 2. The van der Waals surface area contributed by atoms with Crippen LogP contribution in [-0.2, 0) is 0 Å². The molecule has 6 heteroatoms. The van der Waals surface area contributed by atoms with Crippen molar-refractivity contribution < 1.29 is 0 Å². The maximum Gasteiger partial charge on any atom is 0.222 e. The zero-order chi connectivity index (χ0) is 10.5. The Bertz CT molecular complexity index is 297. The van der Waals surface area contributed by atoms with Gasteiger partial charge in [-0.3, -0.25) is 0 Å². The van der Waals surface area contributed by atoms with Crippen LogP contribution in [0.5, 0.6) is 0 Å². The van der Waals surface area contributed by atoms with Gasteiger partial charge in [0.2, 0.25) is 5.95 Å². The second kappa shape index (κ2) is 5.46. The third-order valence-electron chi connectivity index (χ3n) is 2.04. The van der Waals surface area contributed by atoms with Gasteiger partial charge in [0.05, 0.1) is 18.1 Å². The van der Waals surface area contributed by atoms with E-state index in [2.05, 4.69) is 15.3 Å². The molecule has 1 aromatic rings. The molecule has 1 aliphatic rings. The molecule has 0 aromatic carbocycles. The average Bonchev–Trinajstić information content (AvgIpc) is 2.30. The van der Waals surface area contributed by atoms with Crippen molar-refractivity contribution in [3.8, 4) is 0 Å². The monoisotopic (exact) mass is 242 g/mol. The highest BCUT2D eigenvalue weighted by atomic mass is 32.2. The van der Waals surface area contributed by atoms with Crippen LogP contribution in [0, 0.1) is 0 Å². The lowest BCUT2D eigenvalue weighted by Gasteiger charge is -2.20. The highest BCUT2D eigenvalue weighted by Gasteiger charge is 2.13. The quantitative estimate of drug-likeness (QED) is 0.833. The van der Waals surface area contributed by atoms with E-state index in [1.165, 1.54) is 17.3 Å². The molecule has 15 heavy (non-hydrogen) atoms. The van der Waals surface area contributed by atoms with Gasteiger partial charge in [0, 0.05) is 29.1 Å². The molecule has 0 saturated carbocycles. The summed E-state index contributed by atoms with van der Waals surface area (Å²) in [5, 5.41) is 3.90. The van der Waals surface area contributed by atoms with E-state index in [1.807, 2.05) is 23.5 Å². The average molecular weight is 242 g/mol. The fraction of sp³-hybridized carbons (Fsp3) is 0.556. The van der Waals surface area contributed by atoms with Gasteiger partial charge in [0.15, 0.2) is 0 Å². The highest BCUT2D eigenvalue weighted by molar-refractivity contribution is 8.06. The lowest BCUT2D eigenvalue weighted by molar-refractivity contribution is 0.974. The van der Waals surface area contributed by atoms with Crippen LogP contribution in [0.1, 0.15) is 0 Å². The van der Waals surface area contributed by atoms with Crippen LogP contribution in [0.3, 0.4) is 0 Å². The lowest BCUT2D eigenvalue weighted by Crippen LogP contribution is -2.23. The smallest absolute Gasteiger partial charge is 0.222 e. The van der Waals surface area contributed by atoms with Gasteiger partial charge in [-0.2, -0.15) is 23.5 Å². The molecule has 1 saturated heterocycles. The molecule has 2 rings (SSSR count). The molecule has 2 heterocycles. The third-order valence-corrected chi connectivity index (χ3v) is 4.89. The van der Waals surface area contributed by atoms with Crippen molar-refractivity contribution in [2.75, 3.05) is 34.9 Å². The van der Waals surface area contributed by atoms with Crippen LogP contribution in [0.4, 0.5) is 11.6 Å². The molecule has 0 radical (unpaired) electrons. The van der Waals surface area contributed by atoms with Crippen molar-refractivity contribution in [2.45, 2.75) is 5.25 Å². The lowest BCUT2D eigenvalue weighted by atomic mass is 10.4. The van der Waals surface area contributed by atoms with Crippen LogP contribution >= 0.6 is 23.5 Å². The fourth-order valence-corrected chi connectivity index (χ4v) is 3.90. The summed E-state index contributed by atoms with van der Waals surface area (Å²) in [5.41, 5.74) is 6.11. The Morgan fingerprint density at radius 3 is 2.87 bits per heavy atom. The SMILES string of the molecule is Nc1cnc(NCC2CSCCS2)nc1. The van der Waals surface area contributed by atoms with Crippen LogP contribution in [-0.4, -0.2) is 39.0 Å². The van der Waals surface area contributed by atoms with Crippen LogP contribution in [0.15, 0.2) is 12.4 Å². The summed E-state index contributed by atoms with van der Waals surface area (Å²) in [7, 11) is 0. The number of nitrogens with two attached hydrogens (primary N) is 1. The third kappa shape index (κ3) is 3.46. The van der Waals surface area contributed by atoms with Crippen LogP contribution < -0.4 is 11.1 Å². The Balaban J connectivity index is 1.79. The number of nitrogens with zero attached hydrogens (tertiary/aromatic N) is 2. The molecule has 1 aromatic heterocycles. The predicted molar refractivity (Wildman–Crippen MR) is 68.5 cm³/mol. The largest absolute Gasteiger partial charge is 0.396 e. The number of nitrogen functional groups attached to an aromatic ring is 1. The normalized spacial score (nSPS) is 21.2. The second-order valence-electron chi connectivity index (χ2n) is 3.29. The van der Waals surface area contributed by atoms with E-state index in [4.69, 9.17) is 5.73 Å². The van der Waals surface area contributed by atoms with Gasteiger partial charge in [0.25, 0.3) is 0 Å². The molecule has 0 aliphatic carbocycles.